The van der Waals surface area contributed by atoms with E-state index in [1.54, 1.807) is 0 Å². The molecule has 0 saturated carbocycles. The van der Waals surface area contributed by atoms with Gasteiger partial charge >= 0.3 is 5.97 Å². The Morgan fingerprint density at radius 3 is 1.84 bits per heavy atom. The van der Waals surface area contributed by atoms with Gasteiger partial charge in [-0.2, -0.15) is 0 Å². The van der Waals surface area contributed by atoms with Crippen molar-refractivity contribution in [1.82, 2.24) is 0 Å². The Labute approximate surface area is 223 Å². The molecular formula is C30H49NO6. The summed E-state index contributed by atoms with van der Waals surface area (Å²) >= 11 is 0. The number of aromatic hydroxyl groups is 1. The lowest BCUT2D eigenvalue weighted by atomic mass is 10.0. The molecule has 0 bridgehead atoms. The highest BCUT2D eigenvalue weighted by Crippen LogP contribution is 2.18. The predicted octanol–water partition coefficient (Wildman–Crippen LogP) is 8.33. The van der Waals surface area contributed by atoms with E-state index in [0.29, 0.717) is 18.3 Å². The van der Waals surface area contributed by atoms with Gasteiger partial charge in [-0.1, -0.05) is 116 Å². The summed E-state index contributed by atoms with van der Waals surface area (Å²) in [4.78, 5) is 34.0. The van der Waals surface area contributed by atoms with Crippen molar-refractivity contribution in [3.63, 3.8) is 0 Å². The van der Waals surface area contributed by atoms with E-state index < -0.39 is 16.9 Å². The summed E-state index contributed by atoms with van der Waals surface area (Å²) in [5, 5.41) is 20.9. The molecule has 210 valence electrons. The van der Waals surface area contributed by atoms with E-state index in [9.17, 15) is 24.8 Å². The van der Waals surface area contributed by atoms with Gasteiger partial charge in [-0.15, -0.1) is 0 Å². The SMILES string of the molecule is CCCCCCCCCCCCCCCCCCCC(CC(=O)OCc1ccc(O)c(C=O)c1)[N+](=O)[O-]. The molecule has 0 fully saturated rings. The van der Waals surface area contributed by atoms with Crippen LogP contribution in [0.1, 0.15) is 145 Å². The number of rotatable bonds is 24. The van der Waals surface area contributed by atoms with Crippen LogP contribution < -0.4 is 0 Å². The molecule has 0 amide bonds. The van der Waals surface area contributed by atoms with Crippen LogP contribution in [0.15, 0.2) is 18.2 Å². The van der Waals surface area contributed by atoms with Gasteiger partial charge in [0.2, 0.25) is 6.04 Å². The standard InChI is InChI=1S/C30H49NO6/c1-2-3-4-5-6-7-8-9-10-11-12-13-14-15-16-17-18-19-28(31(35)36)23-30(34)37-25-26-20-21-29(33)27(22-26)24-32/h20-22,24,28,33H,2-19,23,25H2,1H3. The first-order valence-electron chi connectivity index (χ1n) is 14.5. The minimum atomic E-state index is -0.936. The molecule has 0 aliphatic rings. The molecule has 1 aromatic carbocycles. The van der Waals surface area contributed by atoms with E-state index in [-0.39, 0.29) is 24.3 Å². The Bertz CT molecular complexity index is 766. The van der Waals surface area contributed by atoms with Crippen molar-refractivity contribution in [1.29, 1.82) is 0 Å². The summed E-state index contributed by atoms with van der Waals surface area (Å²) < 4.78 is 5.14. The van der Waals surface area contributed by atoms with Gasteiger partial charge in [-0.25, -0.2) is 0 Å². The molecule has 1 unspecified atom stereocenters. The zero-order valence-electron chi connectivity index (χ0n) is 23.0. The Morgan fingerprint density at radius 1 is 0.892 bits per heavy atom. The maximum atomic E-state index is 12.1. The second-order valence-electron chi connectivity index (χ2n) is 10.3. The zero-order valence-corrected chi connectivity index (χ0v) is 23.0. The van der Waals surface area contributed by atoms with Crippen LogP contribution in [0, 0.1) is 10.1 Å². The van der Waals surface area contributed by atoms with Gasteiger partial charge in [-0.05, 0) is 24.1 Å². The van der Waals surface area contributed by atoms with E-state index in [0.717, 1.165) is 19.3 Å². The van der Waals surface area contributed by atoms with Gasteiger partial charge in [0.25, 0.3) is 0 Å². The van der Waals surface area contributed by atoms with Gasteiger partial charge < -0.3 is 9.84 Å². The van der Waals surface area contributed by atoms with Crippen LogP contribution in [0.2, 0.25) is 0 Å². The van der Waals surface area contributed by atoms with Crippen molar-refractivity contribution in [2.75, 3.05) is 0 Å². The van der Waals surface area contributed by atoms with Crippen LogP contribution in [0.3, 0.4) is 0 Å². The fourth-order valence-electron chi connectivity index (χ4n) is 4.59. The van der Waals surface area contributed by atoms with Crippen LogP contribution in [0.25, 0.3) is 0 Å². The number of carbonyl (C=O) groups is 2. The fourth-order valence-corrected chi connectivity index (χ4v) is 4.59. The molecule has 0 radical (unpaired) electrons. The highest BCUT2D eigenvalue weighted by Gasteiger charge is 2.24. The lowest BCUT2D eigenvalue weighted by molar-refractivity contribution is -0.522. The van der Waals surface area contributed by atoms with E-state index in [1.165, 1.54) is 108 Å². The number of carbonyl (C=O) groups excluding carboxylic acids is 2. The summed E-state index contributed by atoms with van der Waals surface area (Å²) in [6.45, 7) is 2.17. The summed E-state index contributed by atoms with van der Waals surface area (Å²) in [5.41, 5.74) is 0.648. The summed E-state index contributed by atoms with van der Waals surface area (Å²) in [7, 11) is 0. The van der Waals surface area contributed by atoms with Crippen molar-refractivity contribution in [2.45, 2.75) is 142 Å². The summed E-state index contributed by atoms with van der Waals surface area (Å²) in [6, 6.07) is 3.38. The number of phenols is 1. The second-order valence-corrected chi connectivity index (χ2v) is 10.3. The van der Waals surface area contributed by atoms with Crippen LogP contribution >= 0.6 is 0 Å². The monoisotopic (exact) mass is 519 g/mol. The number of esters is 1. The van der Waals surface area contributed by atoms with Gasteiger partial charge in [0.05, 0.1) is 5.56 Å². The number of nitro groups is 1. The molecule has 7 heteroatoms. The Balaban J connectivity index is 2.02. The molecule has 1 N–H and O–H groups in total. The van der Waals surface area contributed by atoms with Gasteiger partial charge in [0.15, 0.2) is 6.29 Å². The van der Waals surface area contributed by atoms with Crippen LogP contribution in [0.5, 0.6) is 5.75 Å². The van der Waals surface area contributed by atoms with Crippen LogP contribution in [-0.4, -0.2) is 28.3 Å². The van der Waals surface area contributed by atoms with Crippen molar-refractivity contribution in [3.05, 3.63) is 39.4 Å². The van der Waals surface area contributed by atoms with Crippen LogP contribution in [0.4, 0.5) is 0 Å². The van der Waals surface area contributed by atoms with E-state index in [1.807, 2.05) is 0 Å². The van der Waals surface area contributed by atoms with Crippen molar-refractivity contribution in [3.8, 4) is 5.75 Å². The zero-order chi connectivity index (χ0) is 27.1. The highest BCUT2D eigenvalue weighted by molar-refractivity contribution is 5.79. The molecular weight excluding hydrogens is 470 g/mol. The lowest BCUT2D eigenvalue weighted by Gasteiger charge is -2.10. The molecule has 0 aromatic heterocycles. The molecule has 0 heterocycles. The molecule has 37 heavy (non-hydrogen) atoms. The molecule has 1 rings (SSSR count). The first-order valence-corrected chi connectivity index (χ1v) is 14.5. The normalized spacial score (nSPS) is 11.8. The second kappa shape index (κ2) is 21.6. The van der Waals surface area contributed by atoms with Crippen molar-refractivity contribution < 1.29 is 24.4 Å². The summed E-state index contributed by atoms with van der Waals surface area (Å²) in [5.74, 6) is -0.776. The van der Waals surface area contributed by atoms with E-state index >= 15 is 0 Å². The molecule has 0 saturated heterocycles. The fraction of sp³-hybridized carbons (Fsp3) is 0.733. The number of hydrogen-bond donors (Lipinski definition) is 1. The quantitative estimate of drug-likeness (QED) is 0.0484. The highest BCUT2D eigenvalue weighted by atomic mass is 16.6. The first kappa shape index (κ1) is 32.6. The minimum absolute atomic E-state index is 0.0937. The molecule has 1 aromatic rings. The molecule has 0 aliphatic heterocycles. The third kappa shape index (κ3) is 16.8. The number of unbranched alkanes of at least 4 members (excludes halogenated alkanes) is 16. The molecule has 0 spiro atoms. The Kier molecular flexibility index (Phi) is 19.0. The number of ether oxygens (including phenoxy) is 1. The number of phenolic OH excluding ortho intramolecular Hbond substituents is 1. The largest absolute Gasteiger partial charge is 0.507 e. The predicted molar refractivity (Wildman–Crippen MR) is 147 cm³/mol. The lowest BCUT2D eigenvalue weighted by Crippen LogP contribution is -2.24. The maximum Gasteiger partial charge on any atom is 0.313 e. The van der Waals surface area contributed by atoms with Gasteiger partial charge in [-0.3, -0.25) is 19.7 Å². The summed E-state index contributed by atoms with van der Waals surface area (Å²) in [6.07, 6.45) is 22.1. The number of hydrogen-bond acceptors (Lipinski definition) is 6. The van der Waals surface area contributed by atoms with E-state index in [4.69, 9.17) is 4.74 Å². The average molecular weight is 520 g/mol. The molecule has 0 aliphatic carbocycles. The van der Waals surface area contributed by atoms with Gasteiger partial charge in [0, 0.05) is 11.3 Å². The van der Waals surface area contributed by atoms with Crippen molar-refractivity contribution >= 4 is 12.3 Å². The first-order chi connectivity index (χ1) is 18.0. The smallest absolute Gasteiger partial charge is 0.313 e. The molecule has 7 nitrogen and oxygen atoms in total. The van der Waals surface area contributed by atoms with Crippen molar-refractivity contribution in [2.24, 2.45) is 0 Å². The number of aldehydes is 1. The average Bonchev–Trinajstić information content (AvgIpc) is 2.89. The number of nitrogens with zero attached hydrogens (tertiary/aromatic N) is 1. The third-order valence-electron chi connectivity index (χ3n) is 6.96. The van der Waals surface area contributed by atoms with Gasteiger partial charge in [0.1, 0.15) is 18.8 Å². The Hall–Kier alpha value is -2.44. The maximum absolute atomic E-state index is 12.1. The minimum Gasteiger partial charge on any atom is -0.507 e. The van der Waals surface area contributed by atoms with E-state index in [2.05, 4.69) is 6.92 Å². The topological polar surface area (TPSA) is 107 Å². The Morgan fingerprint density at radius 2 is 1.38 bits per heavy atom. The van der Waals surface area contributed by atoms with Crippen LogP contribution in [-0.2, 0) is 16.1 Å². The molecule has 1 atom stereocenters. The third-order valence-corrected chi connectivity index (χ3v) is 6.96. The number of benzene rings is 1.